The normalized spacial score (nSPS) is 7.25. The van der Waals surface area contributed by atoms with Gasteiger partial charge in [0, 0.05) is 26.2 Å². The van der Waals surface area contributed by atoms with Gasteiger partial charge in [0.15, 0.2) is 0 Å². The monoisotopic (exact) mass is 248 g/mol. The SMILES string of the molecule is O.O=S(=O)(O)O.[CaH2].[Zr]. The molecule has 0 aromatic heterocycles. The molecule has 0 radical (unpaired) electrons. The van der Waals surface area contributed by atoms with Crippen LogP contribution in [-0.2, 0) is 36.6 Å². The largest absolute Gasteiger partial charge is 0 e. The summed E-state index contributed by atoms with van der Waals surface area (Å²) in [7, 11) is -4.67. The second-order valence-corrected chi connectivity index (χ2v) is 1.34. The van der Waals surface area contributed by atoms with Crippen LogP contribution in [-0.4, -0.2) is 60.7 Å². The molecule has 0 aliphatic rings. The zero-order valence-electron chi connectivity index (χ0n) is 3.12. The van der Waals surface area contributed by atoms with Crippen molar-refractivity contribution < 1.29 is 49.2 Å². The molecular formula is H6CaO5SZr. The second kappa shape index (κ2) is 8.97. The van der Waals surface area contributed by atoms with Crippen molar-refractivity contribution in [2.24, 2.45) is 0 Å². The number of hydrogen-bond donors (Lipinski definition) is 2. The first-order valence-electron chi connectivity index (χ1n) is 0.698. The van der Waals surface area contributed by atoms with E-state index < -0.39 is 10.4 Å². The van der Waals surface area contributed by atoms with Crippen LogP contribution in [0.25, 0.3) is 0 Å². The van der Waals surface area contributed by atoms with Gasteiger partial charge in [-0.15, -0.1) is 0 Å². The molecule has 0 heterocycles. The van der Waals surface area contributed by atoms with Crippen LogP contribution >= 0.6 is 0 Å². The maximum Gasteiger partial charge on any atom is 0 e. The van der Waals surface area contributed by atoms with Gasteiger partial charge in [0.05, 0.1) is 0 Å². The molecule has 5 nitrogen and oxygen atoms in total. The first kappa shape index (κ1) is 22.5. The van der Waals surface area contributed by atoms with Gasteiger partial charge < -0.3 is 5.48 Å². The summed E-state index contributed by atoms with van der Waals surface area (Å²) in [5.74, 6) is 0. The number of rotatable bonds is 0. The molecule has 0 saturated carbocycles. The Kier molecular flexibility index (Phi) is 25.2. The summed E-state index contributed by atoms with van der Waals surface area (Å²) in [4.78, 5) is 0. The van der Waals surface area contributed by atoms with E-state index in [4.69, 9.17) is 17.5 Å². The van der Waals surface area contributed by atoms with E-state index in [0.29, 0.717) is 0 Å². The molecule has 0 aliphatic heterocycles. The average Bonchev–Trinajstić information content (AvgIpc) is 0.722. The zero-order chi connectivity index (χ0) is 4.50. The van der Waals surface area contributed by atoms with Gasteiger partial charge in [-0.05, 0) is 0 Å². The van der Waals surface area contributed by atoms with Crippen molar-refractivity contribution in [3.8, 4) is 0 Å². The topological polar surface area (TPSA) is 106 Å². The standard InChI is InChI=1S/Ca.H2O4S.H2O.Zr.2H/c;1-5(2,3)4;;;;/h;(H2,1,2,3,4);1H2;;;. The minimum Gasteiger partial charge on any atom is 0 e. The van der Waals surface area contributed by atoms with Gasteiger partial charge in [-0.25, -0.2) is 0 Å². The predicted molar refractivity (Wildman–Crippen MR) is 26.3 cm³/mol. The molecular weight excluding hydrogens is 243 g/mol. The van der Waals surface area contributed by atoms with Crippen LogP contribution in [0.3, 0.4) is 0 Å². The average molecular weight is 249 g/mol. The van der Waals surface area contributed by atoms with E-state index >= 15 is 0 Å². The Labute approximate surface area is 95.9 Å². The Hall–Kier alpha value is 1.97. The van der Waals surface area contributed by atoms with Crippen LogP contribution in [0.5, 0.6) is 0 Å². The molecule has 0 saturated heterocycles. The smallest absolute Gasteiger partial charge is 0 e. The summed E-state index contributed by atoms with van der Waals surface area (Å²) in [6.07, 6.45) is 0. The third-order valence-electron chi connectivity index (χ3n) is 0. The molecule has 0 aromatic rings. The first-order valence-corrected chi connectivity index (χ1v) is 2.10. The summed E-state index contributed by atoms with van der Waals surface area (Å²) >= 11 is 0. The van der Waals surface area contributed by atoms with Gasteiger partial charge in [-0.2, -0.15) is 8.42 Å². The van der Waals surface area contributed by atoms with Crippen molar-refractivity contribution in [2.45, 2.75) is 0 Å². The van der Waals surface area contributed by atoms with E-state index in [0.717, 1.165) is 0 Å². The fraction of sp³-hybridized carbons (Fsp3) is 0. The molecule has 0 aromatic carbocycles. The van der Waals surface area contributed by atoms with Crippen LogP contribution < -0.4 is 0 Å². The summed E-state index contributed by atoms with van der Waals surface area (Å²) in [6, 6.07) is 0. The van der Waals surface area contributed by atoms with E-state index in [-0.39, 0.29) is 69.4 Å². The van der Waals surface area contributed by atoms with Crippen LogP contribution in [0, 0.1) is 0 Å². The van der Waals surface area contributed by atoms with Crippen molar-refractivity contribution in [2.75, 3.05) is 0 Å². The van der Waals surface area contributed by atoms with Crippen molar-refractivity contribution >= 4 is 48.1 Å². The molecule has 8 heteroatoms. The molecule has 0 atom stereocenters. The fourth-order valence-electron chi connectivity index (χ4n) is 0. The molecule has 0 spiro atoms. The molecule has 0 aliphatic carbocycles. The van der Waals surface area contributed by atoms with Crippen molar-refractivity contribution in [3.63, 3.8) is 0 Å². The van der Waals surface area contributed by atoms with Crippen molar-refractivity contribution in [3.05, 3.63) is 0 Å². The number of hydrogen-bond acceptors (Lipinski definition) is 2. The summed E-state index contributed by atoms with van der Waals surface area (Å²) in [5.41, 5.74) is 0. The van der Waals surface area contributed by atoms with Gasteiger partial charge in [-0.3, -0.25) is 9.11 Å². The third-order valence-corrected chi connectivity index (χ3v) is 0. The molecule has 0 amide bonds. The van der Waals surface area contributed by atoms with E-state index in [9.17, 15) is 0 Å². The van der Waals surface area contributed by atoms with Crippen molar-refractivity contribution in [1.82, 2.24) is 0 Å². The Balaban J connectivity index is -0.0000000267. The van der Waals surface area contributed by atoms with Crippen LogP contribution in [0.1, 0.15) is 0 Å². The van der Waals surface area contributed by atoms with Gasteiger partial charge in [-0.1, -0.05) is 0 Å². The molecule has 0 fully saturated rings. The molecule has 8 heavy (non-hydrogen) atoms. The van der Waals surface area contributed by atoms with Gasteiger partial charge in [0.2, 0.25) is 0 Å². The van der Waals surface area contributed by atoms with E-state index in [1.165, 1.54) is 0 Å². The molecule has 0 bridgehead atoms. The Morgan fingerprint density at radius 3 is 1.12 bits per heavy atom. The summed E-state index contributed by atoms with van der Waals surface area (Å²) in [5, 5.41) is 0. The Morgan fingerprint density at radius 2 is 1.12 bits per heavy atom. The predicted octanol–water partition coefficient (Wildman–Crippen LogP) is -2.40. The van der Waals surface area contributed by atoms with Crippen molar-refractivity contribution in [1.29, 1.82) is 0 Å². The Morgan fingerprint density at radius 1 is 1.12 bits per heavy atom. The second-order valence-electron chi connectivity index (χ2n) is 0.448. The molecule has 4 N–H and O–H groups in total. The molecule has 0 unspecified atom stereocenters. The maximum absolute atomic E-state index is 8.74. The van der Waals surface area contributed by atoms with Crippen LogP contribution in [0.15, 0.2) is 0 Å². The van der Waals surface area contributed by atoms with E-state index in [1.807, 2.05) is 0 Å². The van der Waals surface area contributed by atoms with Gasteiger partial charge in [0.25, 0.3) is 0 Å². The maximum atomic E-state index is 8.74. The Bertz CT molecular complexity index is 95.6. The first-order chi connectivity index (χ1) is 2.00. The zero-order valence-corrected chi connectivity index (χ0v) is 6.39. The van der Waals surface area contributed by atoms with E-state index in [1.54, 1.807) is 0 Å². The minimum atomic E-state index is -4.67. The summed E-state index contributed by atoms with van der Waals surface area (Å²) < 4.78 is 31.6. The third kappa shape index (κ3) is 99.6. The molecule has 48 valence electrons. The minimum absolute atomic E-state index is 0. The van der Waals surface area contributed by atoms with Crippen LogP contribution in [0.4, 0.5) is 0 Å². The van der Waals surface area contributed by atoms with E-state index in [2.05, 4.69) is 0 Å². The van der Waals surface area contributed by atoms with Gasteiger partial charge >= 0.3 is 48.1 Å². The van der Waals surface area contributed by atoms with Gasteiger partial charge in [0.1, 0.15) is 0 Å². The van der Waals surface area contributed by atoms with Crippen LogP contribution in [0.2, 0.25) is 0 Å². The molecule has 0 rings (SSSR count). The summed E-state index contributed by atoms with van der Waals surface area (Å²) in [6.45, 7) is 0. The fourth-order valence-corrected chi connectivity index (χ4v) is 0. The quantitative estimate of drug-likeness (QED) is 0.369.